The molecule has 1 heterocycles. The second kappa shape index (κ2) is 6.71. The van der Waals surface area contributed by atoms with E-state index in [-0.39, 0.29) is 11.9 Å². The Labute approximate surface area is 117 Å². The molecule has 1 amide bonds. The van der Waals surface area contributed by atoms with Crippen LogP contribution in [-0.4, -0.2) is 29.9 Å². The van der Waals surface area contributed by atoms with Crippen LogP contribution in [0, 0.1) is 5.41 Å². The van der Waals surface area contributed by atoms with Crippen LogP contribution >= 0.6 is 0 Å². The average molecular weight is 267 g/mol. The monoisotopic (exact) mass is 267 g/mol. The number of piperidine rings is 1. The highest BCUT2D eigenvalue weighted by molar-refractivity contribution is 5.81. The lowest BCUT2D eigenvalue weighted by Gasteiger charge is -2.46. The molecule has 0 bridgehead atoms. The van der Waals surface area contributed by atoms with E-state index in [2.05, 4.69) is 17.2 Å². The number of rotatable bonds is 4. The van der Waals surface area contributed by atoms with Crippen LogP contribution < -0.4 is 11.3 Å². The van der Waals surface area contributed by atoms with Gasteiger partial charge in [0.2, 0.25) is 0 Å². The van der Waals surface area contributed by atoms with E-state index in [1.54, 1.807) is 0 Å². The lowest BCUT2D eigenvalue weighted by Crippen LogP contribution is -2.53. The molecule has 1 saturated carbocycles. The van der Waals surface area contributed by atoms with Crippen molar-refractivity contribution < 1.29 is 4.79 Å². The molecule has 1 unspecified atom stereocenters. The molecule has 1 saturated heterocycles. The maximum Gasteiger partial charge on any atom is 0.251 e. The third kappa shape index (κ3) is 3.48. The maximum absolute atomic E-state index is 11.9. The minimum absolute atomic E-state index is 0.0126. The van der Waals surface area contributed by atoms with Crippen LogP contribution in [0.1, 0.15) is 64.7 Å². The van der Waals surface area contributed by atoms with Gasteiger partial charge in [0, 0.05) is 0 Å². The predicted octanol–water partition coefficient (Wildman–Crippen LogP) is 2.19. The van der Waals surface area contributed by atoms with Crippen LogP contribution in [0.3, 0.4) is 0 Å². The molecular formula is C15H29N3O. The van der Waals surface area contributed by atoms with Crippen molar-refractivity contribution in [1.82, 2.24) is 10.3 Å². The van der Waals surface area contributed by atoms with Crippen LogP contribution in [-0.2, 0) is 4.79 Å². The molecule has 3 N–H and O–H groups in total. The van der Waals surface area contributed by atoms with Crippen molar-refractivity contribution >= 4 is 5.91 Å². The Hall–Kier alpha value is -0.610. The Morgan fingerprint density at radius 2 is 1.84 bits per heavy atom. The minimum atomic E-state index is -0.0176. The molecule has 110 valence electrons. The van der Waals surface area contributed by atoms with Gasteiger partial charge < -0.3 is 0 Å². The van der Waals surface area contributed by atoms with E-state index in [9.17, 15) is 4.79 Å². The summed E-state index contributed by atoms with van der Waals surface area (Å²) in [5.41, 5.74) is 2.94. The van der Waals surface area contributed by atoms with Crippen molar-refractivity contribution in [3.63, 3.8) is 0 Å². The molecule has 1 aliphatic carbocycles. The zero-order valence-electron chi connectivity index (χ0n) is 12.3. The normalized spacial score (nSPS) is 25.2. The lowest BCUT2D eigenvalue weighted by molar-refractivity contribution is -0.128. The number of carbonyl (C=O) groups excluding carboxylic acids is 1. The van der Waals surface area contributed by atoms with Crippen LogP contribution in [0.25, 0.3) is 0 Å². The Bertz CT molecular complexity index is 290. The fourth-order valence-corrected chi connectivity index (χ4v) is 3.96. The summed E-state index contributed by atoms with van der Waals surface area (Å²) >= 11 is 0. The summed E-state index contributed by atoms with van der Waals surface area (Å²) in [5, 5.41) is 0. The maximum atomic E-state index is 11.9. The molecule has 1 aliphatic heterocycles. The molecule has 2 aliphatic rings. The first-order chi connectivity index (χ1) is 9.21. The summed E-state index contributed by atoms with van der Waals surface area (Å²) in [6, 6.07) is -0.0176. The summed E-state index contributed by atoms with van der Waals surface area (Å²) in [6.45, 7) is 4.26. The van der Waals surface area contributed by atoms with Crippen molar-refractivity contribution in [2.75, 3.05) is 13.1 Å². The van der Waals surface area contributed by atoms with Crippen LogP contribution in [0.4, 0.5) is 0 Å². The zero-order chi connectivity index (χ0) is 13.7. The largest absolute Gasteiger partial charge is 0.293 e. The van der Waals surface area contributed by atoms with Gasteiger partial charge in [-0.05, 0) is 50.6 Å². The number of nitrogens with zero attached hydrogens (tertiary/aromatic N) is 1. The fourth-order valence-electron chi connectivity index (χ4n) is 3.96. The molecule has 19 heavy (non-hydrogen) atoms. The van der Waals surface area contributed by atoms with Gasteiger partial charge in [-0.25, -0.2) is 5.84 Å². The van der Waals surface area contributed by atoms with Gasteiger partial charge in [0.05, 0.1) is 6.04 Å². The molecule has 1 atom stereocenters. The minimum Gasteiger partial charge on any atom is -0.293 e. The highest BCUT2D eigenvalue weighted by atomic mass is 16.2. The Kier molecular flexibility index (Phi) is 5.22. The second-order valence-corrected chi connectivity index (χ2v) is 6.41. The molecule has 2 fully saturated rings. The van der Waals surface area contributed by atoms with Gasteiger partial charge in [-0.3, -0.25) is 15.1 Å². The van der Waals surface area contributed by atoms with Crippen molar-refractivity contribution in [2.45, 2.75) is 70.8 Å². The Morgan fingerprint density at radius 3 is 2.37 bits per heavy atom. The number of nitrogens with two attached hydrogens (primary N) is 1. The first-order valence-electron chi connectivity index (χ1n) is 7.95. The Balaban J connectivity index is 1.91. The van der Waals surface area contributed by atoms with E-state index >= 15 is 0 Å². The third-order valence-corrected chi connectivity index (χ3v) is 5.22. The van der Waals surface area contributed by atoms with Crippen molar-refractivity contribution in [1.29, 1.82) is 0 Å². The average Bonchev–Trinajstić information content (AvgIpc) is 2.46. The number of hydrogen-bond donors (Lipinski definition) is 2. The molecule has 1 spiro atoms. The van der Waals surface area contributed by atoms with Crippen molar-refractivity contribution in [2.24, 2.45) is 11.3 Å². The Morgan fingerprint density at radius 1 is 1.21 bits per heavy atom. The number of nitrogens with one attached hydrogen (secondary N) is 1. The summed E-state index contributed by atoms with van der Waals surface area (Å²) < 4.78 is 0. The summed E-state index contributed by atoms with van der Waals surface area (Å²) in [5.74, 6) is 5.31. The number of hydrogen-bond acceptors (Lipinski definition) is 3. The van der Waals surface area contributed by atoms with Crippen molar-refractivity contribution in [3.05, 3.63) is 0 Å². The molecule has 4 heteroatoms. The van der Waals surface area contributed by atoms with Gasteiger partial charge in [0.1, 0.15) is 0 Å². The summed E-state index contributed by atoms with van der Waals surface area (Å²) in [7, 11) is 0. The highest BCUT2D eigenvalue weighted by Gasteiger charge is 2.38. The van der Waals surface area contributed by atoms with E-state index in [0.29, 0.717) is 5.41 Å². The van der Waals surface area contributed by atoms with Gasteiger partial charge in [-0.1, -0.05) is 32.6 Å². The van der Waals surface area contributed by atoms with Crippen LogP contribution in [0.2, 0.25) is 0 Å². The SMILES string of the molecule is CCCC(C(=O)NN)N1CCC2(CCCCC2)CC1. The third-order valence-electron chi connectivity index (χ3n) is 5.22. The van der Waals surface area contributed by atoms with Gasteiger partial charge >= 0.3 is 0 Å². The number of likely N-dealkylation sites (tertiary alicyclic amines) is 1. The predicted molar refractivity (Wildman–Crippen MR) is 77.4 cm³/mol. The quantitative estimate of drug-likeness (QED) is 0.466. The molecule has 0 aromatic carbocycles. The molecule has 0 radical (unpaired) electrons. The zero-order valence-corrected chi connectivity index (χ0v) is 12.3. The standard InChI is InChI=1S/C15H29N3O/c1-2-6-13(14(19)17-16)18-11-9-15(10-12-18)7-4-3-5-8-15/h13H,2-12,16H2,1H3,(H,17,19). The fraction of sp³-hybridized carbons (Fsp3) is 0.933. The van der Waals surface area contributed by atoms with Crippen molar-refractivity contribution in [3.8, 4) is 0 Å². The lowest BCUT2D eigenvalue weighted by atomic mass is 9.68. The van der Waals surface area contributed by atoms with E-state index in [0.717, 1.165) is 25.9 Å². The molecular weight excluding hydrogens is 238 g/mol. The van der Waals surface area contributed by atoms with Gasteiger partial charge in [0.25, 0.3) is 5.91 Å². The van der Waals surface area contributed by atoms with Crippen LogP contribution in [0.15, 0.2) is 0 Å². The molecule has 2 rings (SSSR count). The van der Waals surface area contributed by atoms with E-state index in [4.69, 9.17) is 5.84 Å². The van der Waals surface area contributed by atoms with E-state index in [1.165, 1.54) is 44.9 Å². The number of carbonyl (C=O) groups is 1. The first kappa shape index (κ1) is 14.8. The highest BCUT2D eigenvalue weighted by Crippen LogP contribution is 2.44. The first-order valence-corrected chi connectivity index (χ1v) is 7.95. The number of hydrazine groups is 1. The van der Waals surface area contributed by atoms with Gasteiger partial charge in [-0.2, -0.15) is 0 Å². The molecule has 0 aromatic heterocycles. The molecule has 0 aromatic rings. The molecule has 4 nitrogen and oxygen atoms in total. The topological polar surface area (TPSA) is 58.4 Å². The second-order valence-electron chi connectivity index (χ2n) is 6.41. The van der Waals surface area contributed by atoms with E-state index in [1.807, 2.05) is 0 Å². The number of amides is 1. The van der Waals surface area contributed by atoms with Gasteiger partial charge in [-0.15, -0.1) is 0 Å². The summed E-state index contributed by atoms with van der Waals surface area (Å²) in [6.07, 6.45) is 11.5. The smallest absolute Gasteiger partial charge is 0.251 e. The van der Waals surface area contributed by atoms with Gasteiger partial charge in [0.15, 0.2) is 0 Å². The summed E-state index contributed by atoms with van der Waals surface area (Å²) in [4.78, 5) is 14.2. The van der Waals surface area contributed by atoms with E-state index < -0.39 is 0 Å². The van der Waals surface area contributed by atoms with Crippen LogP contribution in [0.5, 0.6) is 0 Å².